The predicted octanol–water partition coefficient (Wildman–Crippen LogP) is 3.50. The van der Waals surface area contributed by atoms with Crippen LogP contribution in [0.5, 0.6) is 0 Å². The molecule has 3 heteroatoms. The van der Waals surface area contributed by atoms with Crippen molar-refractivity contribution in [1.29, 1.82) is 0 Å². The van der Waals surface area contributed by atoms with Gasteiger partial charge in [0.2, 0.25) is 0 Å². The Hall–Kier alpha value is -1.25. The summed E-state index contributed by atoms with van der Waals surface area (Å²) in [5.41, 5.74) is 2.56. The van der Waals surface area contributed by atoms with Gasteiger partial charge in [-0.1, -0.05) is 35.9 Å². The van der Waals surface area contributed by atoms with Crippen molar-refractivity contribution in [3.8, 4) is 0 Å². The van der Waals surface area contributed by atoms with Crippen LogP contribution >= 0.6 is 11.6 Å². The van der Waals surface area contributed by atoms with Crippen LogP contribution in [0.15, 0.2) is 41.6 Å². The van der Waals surface area contributed by atoms with Gasteiger partial charge in [0.1, 0.15) is 0 Å². The van der Waals surface area contributed by atoms with Gasteiger partial charge in [0.15, 0.2) is 0 Å². The number of aromatic nitrogens is 1. The van der Waals surface area contributed by atoms with E-state index in [1.165, 1.54) is 16.5 Å². The van der Waals surface area contributed by atoms with Crippen molar-refractivity contribution in [2.45, 2.75) is 13.0 Å². The molecule has 0 unspecified atom stereocenters. The fourth-order valence-corrected chi connectivity index (χ4v) is 2.68. The fraction of sp³-hybridized carbons (Fsp3) is 0.286. The van der Waals surface area contributed by atoms with Crippen LogP contribution in [0.2, 0.25) is 0 Å². The highest BCUT2D eigenvalue weighted by Gasteiger charge is 2.13. The van der Waals surface area contributed by atoms with Gasteiger partial charge in [0.05, 0.1) is 0 Å². The molecule has 0 saturated carbocycles. The highest BCUT2D eigenvalue weighted by Crippen LogP contribution is 2.21. The van der Waals surface area contributed by atoms with E-state index in [2.05, 4.69) is 46.4 Å². The van der Waals surface area contributed by atoms with E-state index < -0.39 is 0 Å². The minimum absolute atomic E-state index is 0.876. The highest BCUT2D eigenvalue weighted by molar-refractivity contribution is 6.29. The standard InChI is InChI=1S/C14H15ClN2/c15-12-4-3-7-17(10-12)9-11-8-16-14-6-2-1-5-13(11)14/h1-2,4-6,8,16H,3,7,9-10H2. The number of para-hydroxylation sites is 1. The molecule has 0 amide bonds. The van der Waals surface area contributed by atoms with Crippen LogP contribution in [-0.2, 0) is 6.54 Å². The second-order valence-electron chi connectivity index (χ2n) is 4.51. The van der Waals surface area contributed by atoms with Crippen molar-refractivity contribution in [3.05, 3.63) is 47.1 Å². The lowest BCUT2D eigenvalue weighted by Gasteiger charge is -2.24. The van der Waals surface area contributed by atoms with E-state index in [9.17, 15) is 0 Å². The van der Waals surface area contributed by atoms with Gasteiger partial charge in [-0.05, 0) is 18.1 Å². The van der Waals surface area contributed by atoms with Crippen molar-refractivity contribution in [2.24, 2.45) is 0 Å². The van der Waals surface area contributed by atoms with E-state index >= 15 is 0 Å². The first-order valence-electron chi connectivity index (χ1n) is 5.95. The van der Waals surface area contributed by atoms with Crippen LogP contribution < -0.4 is 0 Å². The smallest absolute Gasteiger partial charge is 0.0457 e. The number of rotatable bonds is 2. The summed E-state index contributed by atoms with van der Waals surface area (Å²) >= 11 is 6.08. The summed E-state index contributed by atoms with van der Waals surface area (Å²) in [5.74, 6) is 0. The quantitative estimate of drug-likeness (QED) is 0.860. The zero-order valence-electron chi connectivity index (χ0n) is 9.62. The van der Waals surface area contributed by atoms with Crippen molar-refractivity contribution < 1.29 is 0 Å². The summed E-state index contributed by atoms with van der Waals surface area (Å²) in [6, 6.07) is 8.43. The molecule has 1 aromatic heterocycles. The lowest BCUT2D eigenvalue weighted by Crippen LogP contribution is -2.28. The summed E-state index contributed by atoms with van der Waals surface area (Å²) in [6.07, 6.45) is 5.28. The normalized spacial score (nSPS) is 17.4. The van der Waals surface area contributed by atoms with Gasteiger partial charge in [-0.25, -0.2) is 0 Å². The average molecular weight is 247 g/mol. The average Bonchev–Trinajstić information content (AvgIpc) is 2.73. The number of nitrogens with zero attached hydrogens (tertiary/aromatic N) is 1. The maximum absolute atomic E-state index is 6.08. The molecular weight excluding hydrogens is 232 g/mol. The topological polar surface area (TPSA) is 19.0 Å². The molecule has 1 aromatic carbocycles. The number of aromatic amines is 1. The van der Waals surface area contributed by atoms with E-state index in [1.54, 1.807) is 0 Å². The molecule has 0 bridgehead atoms. The van der Waals surface area contributed by atoms with E-state index in [0.717, 1.165) is 31.1 Å². The number of hydrogen-bond donors (Lipinski definition) is 1. The van der Waals surface area contributed by atoms with Crippen molar-refractivity contribution >= 4 is 22.5 Å². The minimum atomic E-state index is 0.876. The van der Waals surface area contributed by atoms with Crippen molar-refractivity contribution in [2.75, 3.05) is 13.1 Å². The summed E-state index contributed by atoms with van der Waals surface area (Å²) in [4.78, 5) is 5.70. The Morgan fingerprint density at radius 2 is 2.18 bits per heavy atom. The van der Waals surface area contributed by atoms with Gasteiger partial charge in [-0.15, -0.1) is 0 Å². The molecule has 88 valence electrons. The van der Waals surface area contributed by atoms with E-state index in [-0.39, 0.29) is 0 Å². The zero-order chi connectivity index (χ0) is 11.7. The lowest BCUT2D eigenvalue weighted by atomic mass is 10.1. The second-order valence-corrected chi connectivity index (χ2v) is 5.00. The van der Waals surface area contributed by atoms with Crippen LogP contribution in [0.25, 0.3) is 10.9 Å². The predicted molar refractivity (Wildman–Crippen MR) is 72.1 cm³/mol. The Balaban J connectivity index is 1.83. The third-order valence-corrected chi connectivity index (χ3v) is 3.53. The molecule has 0 saturated heterocycles. The summed E-state index contributed by atoms with van der Waals surface area (Å²) in [7, 11) is 0. The van der Waals surface area contributed by atoms with Gasteiger partial charge in [-0.2, -0.15) is 0 Å². The highest BCUT2D eigenvalue weighted by atomic mass is 35.5. The monoisotopic (exact) mass is 246 g/mol. The Labute approximate surface area is 106 Å². The third-order valence-electron chi connectivity index (χ3n) is 3.25. The molecule has 3 rings (SSSR count). The SMILES string of the molecule is ClC1=CCCN(Cc2c[nH]c3ccccc23)C1. The second kappa shape index (κ2) is 4.55. The molecule has 1 aliphatic rings. The largest absolute Gasteiger partial charge is 0.361 e. The molecule has 2 heterocycles. The van der Waals surface area contributed by atoms with Gasteiger partial charge in [-0.3, -0.25) is 4.90 Å². The number of fused-ring (bicyclic) bond motifs is 1. The maximum Gasteiger partial charge on any atom is 0.0457 e. The van der Waals surface area contributed by atoms with Crippen LogP contribution in [-0.4, -0.2) is 23.0 Å². The first-order valence-corrected chi connectivity index (χ1v) is 6.32. The van der Waals surface area contributed by atoms with E-state index in [4.69, 9.17) is 11.6 Å². The number of H-pyrrole nitrogens is 1. The van der Waals surface area contributed by atoms with Gasteiger partial charge in [0, 0.05) is 41.8 Å². The Morgan fingerprint density at radius 1 is 1.29 bits per heavy atom. The molecule has 2 nitrogen and oxygen atoms in total. The minimum Gasteiger partial charge on any atom is -0.361 e. The molecule has 1 aliphatic heterocycles. The Kier molecular flexibility index (Phi) is 2.91. The molecule has 17 heavy (non-hydrogen) atoms. The lowest BCUT2D eigenvalue weighted by molar-refractivity contribution is 0.289. The zero-order valence-corrected chi connectivity index (χ0v) is 10.4. The number of hydrogen-bond acceptors (Lipinski definition) is 1. The molecule has 1 N–H and O–H groups in total. The van der Waals surface area contributed by atoms with E-state index in [0.29, 0.717) is 0 Å². The maximum atomic E-state index is 6.08. The van der Waals surface area contributed by atoms with Crippen LogP contribution in [0, 0.1) is 0 Å². The molecule has 0 spiro atoms. The van der Waals surface area contributed by atoms with Crippen LogP contribution in [0.4, 0.5) is 0 Å². The van der Waals surface area contributed by atoms with Crippen molar-refractivity contribution in [1.82, 2.24) is 9.88 Å². The third kappa shape index (κ3) is 2.24. The van der Waals surface area contributed by atoms with Gasteiger partial charge in [0.25, 0.3) is 0 Å². The number of halogens is 1. The van der Waals surface area contributed by atoms with Crippen molar-refractivity contribution in [3.63, 3.8) is 0 Å². The first kappa shape index (κ1) is 10.9. The molecular formula is C14H15ClN2. The summed E-state index contributed by atoms with van der Waals surface area (Å²) in [5, 5.41) is 2.29. The number of nitrogens with one attached hydrogen (secondary N) is 1. The molecule has 0 aliphatic carbocycles. The molecule has 0 radical (unpaired) electrons. The van der Waals surface area contributed by atoms with Gasteiger partial charge >= 0.3 is 0 Å². The Bertz CT molecular complexity index is 556. The fourth-order valence-electron chi connectivity index (χ4n) is 2.40. The molecule has 2 aromatic rings. The molecule has 0 atom stereocenters. The number of benzene rings is 1. The summed E-state index contributed by atoms with van der Waals surface area (Å²) in [6.45, 7) is 2.94. The summed E-state index contributed by atoms with van der Waals surface area (Å²) < 4.78 is 0. The molecule has 0 fully saturated rings. The van der Waals surface area contributed by atoms with Crippen LogP contribution in [0.1, 0.15) is 12.0 Å². The first-order chi connectivity index (χ1) is 8.33. The van der Waals surface area contributed by atoms with Gasteiger partial charge < -0.3 is 4.98 Å². The van der Waals surface area contributed by atoms with E-state index in [1.807, 2.05) is 0 Å². The Morgan fingerprint density at radius 3 is 3.06 bits per heavy atom. The van der Waals surface area contributed by atoms with Crippen LogP contribution in [0.3, 0.4) is 0 Å².